The van der Waals surface area contributed by atoms with Crippen LogP contribution in [0.5, 0.6) is 0 Å². The summed E-state index contributed by atoms with van der Waals surface area (Å²) in [5.74, 6) is 0.360. The lowest BCUT2D eigenvalue weighted by Crippen LogP contribution is -2.29. The number of aromatic nitrogens is 4. The molecule has 2 heterocycles. The summed E-state index contributed by atoms with van der Waals surface area (Å²) >= 11 is 3.46. The molecule has 0 radical (unpaired) electrons. The Morgan fingerprint density at radius 2 is 1.97 bits per heavy atom. The van der Waals surface area contributed by atoms with Crippen LogP contribution in [0, 0.1) is 0 Å². The third-order valence-corrected chi connectivity index (χ3v) is 4.91. The van der Waals surface area contributed by atoms with Crippen molar-refractivity contribution < 1.29 is 0 Å². The van der Waals surface area contributed by atoms with E-state index in [1.54, 1.807) is 17.8 Å². The lowest BCUT2D eigenvalue weighted by atomic mass is 10.2. The molecule has 146 valence electrons. The molecule has 2 N–H and O–H groups in total. The summed E-state index contributed by atoms with van der Waals surface area (Å²) in [7, 11) is 1.56. The van der Waals surface area contributed by atoms with Crippen LogP contribution >= 0.6 is 15.9 Å². The third kappa shape index (κ3) is 3.90. The van der Waals surface area contributed by atoms with E-state index in [9.17, 15) is 9.59 Å². The molecule has 0 aliphatic carbocycles. The van der Waals surface area contributed by atoms with E-state index in [-0.39, 0.29) is 5.65 Å². The molecule has 0 saturated heterocycles. The smallest absolute Gasteiger partial charge is 0.298 e. The zero-order valence-corrected chi connectivity index (χ0v) is 17.0. The first-order valence-electron chi connectivity index (χ1n) is 8.81. The molecule has 29 heavy (non-hydrogen) atoms. The molecule has 0 amide bonds. The van der Waals surface area contributed by atoms with Gasteiger partial charge < -0.3 is 0 Å². The highest BCUT2D eigenvalue weighted by molar-refractivity contribution is 9.10. The van der Waals surface area contributed by atoms with Crippen molar-refractivity contribution in [3.63, 3.8) is 0 Å². The molecule has 0 spiro atoms. The minimum atomic E-state index is -0.519. The molecule has 4 aromatic rings. The van der Waals surface area contributed by atoms with Crippen LogP contribution in [-0.2, 0) is 13.6 Å². The van der Waals surface area contributed by atoms with Crippen LogP contribution in [0.1, 0.15) is 11.1 Å². The third-order valence-electron chi connectivity index (χ3n) is 4.41. The Kier molecular flexibility index (Phi) is 5.13. The van der Waals surface area contributed by atoms with E-state index in [1.165, 1.54) is 4.57 Å². The Balaban J connectivity index is 1.80. The van der Waals surface area contributed by atoms with Gasteiger partial charge in [0.15, 0.2) is 11.2 Å². The van der Waals surface area contributed by atoms with Crippen LogP contribution in [-0.4, -0.2) is 25.3 Å². The Morgan fingerprint density at radius 3 is 2.72 bits per heavy atom. The van der Waals surface area contributed by atoms with Gasteiger partial charge in [0.2, 0.25) is 5.95 Å². The number of hydrogen-bond donors (Lipinski definition) is 2. The van der Waals surface area contributed by atoms with E-state index in [2.05, 4.69) is 36.4 Å². The maximum absolute atomic E-state index is 12.5. The number of aromatic amines is 1. The Morgan fingerprint density at radius 1 is 1.17 bits per heavy atom. The number of anilines is 1. The second kappa shape index (κ2) is 7.88. The fraction of sp³-hybridized carbons (Fsp3) is 0.100. The fourth-order valence-electron chi connectivity index (χ4n) is 3.00. The van der Waals surface area contributed by atoms with E-state index < -0.39 is 11.2 Å². The predicted molar refractivity (Wildman–Crippen MR) is 116 cm³/mol. The standard InChI is InChI=1S/C20H17BrN6O2/c1-26-17-16(18(28)24-20(26)29)27(12-14-8-5-9-15(21)10-14)19(23-17)25-22-11-13-6-3-2-4-7-13/h2-11H,12H2,1H3,(H,23,25)(H,24,28,29). The van der Waals surface area contributed by atoms with Gasteiger partial charge in [0.25, 0.3) is 5.56 Å². The fourth-order valence-corrected chi connectivity index (χ4v) is 3.44. The van der Waals surface area contributed by atoms with E-state index in [4.69, 9.17) is 0 Å². The number of rotatable bonds is 5. The summed E-state index contributed by atoms with van der Waals surface area (Å²) in [6.07, 6.45) is 1.66. The van der Waals surface area contributed by atoms with Gasteiger partial charge in [0.1, 0.15) is 0 Å². The first-order chi connectivity index (χ1) is 14.0. The van der Waals surface area contributed by atoms with Gasteiger partial charge in [-0.2, -0.15) is 10.1 Å². The summed E-state index contributed by atoms with van der Waals surface area (Å²) in [6.45, 7) is 0.375. The highest BCUT2D eigenvalue weighted by Crippen LogP contribution is 2.19. The molecular weight excluding hydrogens is 436 g/mol. The maximum Gasteiger partial charge on any atom is 0.329 e. The van der Waals surface area contributed by atoms with Gasteiger partial charge in [-0.3, -0.25) is 18.9 Å². The number of imidazole rings is 1. The van der Waals surface area contributed by atoms with E-state index >= 15 is 0 Å². The molecule has 2 aromatic heterocycles. The molecule has 0 bridgehead atoms. The van der Waals surface area contributed by atoms with Crippen molar-refractivity contribution in [2.45, 2.75) is 6.54 Å². The molecule has 2 aromatic carbocycles. The first kappa shape index (κ1) is 18.9. The molecule has 4 rings (SSSR count). The largest absolute Gasteiger partial charge is 0.329 e. The van der Waals surface area contributed by atoms with Crippen molar-refractivity contribution in [2.75, 3.05) is 5.43 Å². The first-order valence-corrected chi connectivity index (χ1v) is 9.60. The summed E-state index contributed by atoms with van der Waals surface area (Å²) in [4.78, 5) is 31.3. The van der Waals surface area contributed by atoms with Gasteiger partial charge in [-0.05, 0) is 23.3 Å². The highest BCUT2D eigenvalue weighted by atomic mass is 79.9. The number of halogens is 1. The molecule has 0 unspecified atom stereocenters. The number of benzene rings is 2. The van der Waals surface area contributed by atoms with Crippen LogP contribution in [0.2, 0.25) is 0 Å². The van der Waals surface area contributed by atoms with E-state index in [1.807, 2.05) is 54.6 Å². The molecular formula is C20H17BrN6O2. The van der Waals surface area contributed by atoms with Crippen LogP contribution in [0.15, 0.2) is 73.8 Å². The Bertz CT molecular complexity index is 1320. The molecule has 0 saturated carbocycles. The Hall–Kier alpha value is -3.46. The summed E-state index contributed by atoms with van der Waals surface area (Å²) in [5.41, 5.74) is 4.34. The van der Waals surface area contributed by atoms with Crippen molar-refractivity contribution in [2.24, 2.45) is 12.1 Å². The van der Waals surface area contributed by atoms with Crippen molar-refractivity contribution in [3.8, 4) is 0 Å². The van der Waals surface area contributed by atoms with Gasteiger partial charge >= 0.3 is 5.69 Å². The number of hydrazone groups is 1. The van der Waals surface area contributed by atoms with Crippen LogP contribution < -0.4 is 16.7 Å². The van der Waals surface area contributed by atoms with E-state index in [0.29, 0.717) is 18.0 Å². The summed E-state index contributed by atoms with van der Waals surface area (Å²) < 4.78 is 3.94. The zero-order valence-electron chi connectivity index (χ0n) is 15.5. The number of fused-ring (bicyclic) bond motifs is 1. The van der Waals surface area contributed by atoms with Crippen molar-refractivity contribution >= 4 is 39.3 Å². The number of H-pyrrole nitrogens is 1. The monoisotopic (exact) mass is 452 g/mol. The van der Waals surface area contributed by atoms with Gasteiger partial charge in [-0.25, -0.2) is 10.2 Å². The summed E-state index contributed by atoms with van der Waals surface area (Å²) in [5, 5.41) is 4.24. The normalized spacial score (nSPS) is 11.4. The van der Waals surface area contributed by atoms with Crippen molar-refractivity contribution in [3.05, 3.63) is 91.0 Å². The Labute approximate surface area is 173 Å². The minimum absolute atomic E-state index is 0.283. The second-order valence-electron chi connectivity index (χ2n) is 6.42. The van der Waals surface area contributed by atoms with Gasteiger partial charge in [-0.1, -0.05) is 58.4 Å². The van der Waals surface area contributed by atoms with Gasteiger partial charge in [0.05, 0.1) is 12.8 Å². The lowest BCUT2D eigenvalue weighted by molar-refractivity contribution is 0.808. The van der Waals surface area contributed by atoms with E-state index in [0.717, 1.165) is 15.6 Å². The average molecular weight is 453 g/mol. The number of aryl methyl sites for hydroxylation is 1. The van der Waals surface area contributed by atoms with Crippen LogP contribution in [0.3, 0.4) is 0 Å². The van der Waals surface area contributed by atoms with Gasteiger partial charge in [0, 0.05) is 11.5 Å². The topological polar surface area (TPSA) is 97.1 Å². The van der Waals surface area contributed by atoms with Crippen molar-refractivity contribution in [1.29, 1.82) is 0 Å². The number of nitrogens with one attached hydrogen (secondary N) is 2. The number of nitrogens with zero attached hydrogens (tertiary/aromatic N) is 4. The molecule has 0 aliphatic rings. The van der Waals surface area contributed by atoms with Crippen LogP contribution in [0.25, 0.3) is 11.2 Å². The molecule has 0 fully saturated rings. The maximum atomic E-state index is 12.5. The number of hydrogen-bond acceptors (Lipinski definition) is 5. The predicted octanol–water partition coefficient (Wildman–Crippen LogP) is 2.68. The minimum Gasteiger partial charge on any atom is -0.298 e. The molecule has 9 heteroatoms. The zero-order chi connectivity index (χ0) is 20.4. The quantitative estimate of drug-likeness (QED) is 0.359. The lowest BCUT2D eigenvalue weighted by Gasteiger charge is -2.08. The SMILES string of the molecule is Cn1c(=O)[nH]c(=O)c2c1nc(NN=Cc1ccccc1)n2Cc1cccc(Br)c1. The molecule has 0 aliphatic heterocycles. The van der Waals surface area contributed by atoms with Crippen molar-refractivity contribution in [1.82, 2.24) is 19.1 Å². The van der Waals surface area contributed by atoms with Gasteiger partial charge in [-0.15, -0.1) is 0 Å². The molecule has 8 nitrogen and oxygen atoms in total. The average Bonchev–Trinajstić information content (AvgIpc) is 3.06. The van der Waals surface area contributed by atoms with Crippen LogP contribution in [0.4, 0.5) is 5.95 Å². The second-order valence-corrected chi connectivity index (χ2v) is 7.34. The molecule has 0 atom stereocenters. The highest BCUT2D eigenvalue weighted by Gasteiger charge is 2.17. The summed E-state index contributed by atoms with van der Waals surface area (Å²) in [6, 6.07) is 17.3.